The Morgan fingerprint density at radius 3 is 1.46 bits per heavy atom. The molecule has 8 atom stereocenters. The Morgan fingerprint density at radius 2 is 0.939 bits per heavy atom. The first-order valence-corrected chi connectivity index (χ1v) is 31.8. The summed E-state index contributed by atoms with van der Waals surface area (Å²) in [6.07, 6.45) is 72.7. The van der Waals surface area contributed by atoms with Crippen LogP contribution in [0.15, 0.2) is 158 Å². The van der Waals surface area contributed by atoms with E-state index in [-0.39, 0.29) is 19.4 Å². The van der Waals surface area contributed by atoms with Gasteiger partial charge >= 0.3 is 5.97 Å². The summed E-state index contributed by atoms with van der Waals surface area (Å²) in [6.45, 7) is 5.47. The fraction of sp³-hybridized carbons (Fsp3) is 0.606. The van der Waals surface area contributed by atoms with Crippen molar-refractivity contribution in [1.29, 1.82) is 0 Å². The molecule has 0 aromatic heterocycles. The van der Waals surface area contributed by atoms with Gasteiger partial charge in [0.05, 0.1) is 25.4 Å². The third kappa shape index (κ3) is 43.9. The molecule has 11 heteroatoms. The van der Waals surface area contributed by atoms with Crippen LogP contribution in [0.5, 0.6) is 0 Å². The van der Waals surface area contributed by atoms with Crippen LogP contribution in [-0.4, -0.2) is 99.6 Å². The first kappa shape index (κ1) is 75.3. The van der Waals surface area contributed by atoms with Crippen LogP contribution in [0.1, 0.15) is 213 Å². The van der Waals surface area contributed by atoms with Gasteiger partial charge in [-0.1, -0.05) is 269 Å². The summed E-state index contributed by atoms with van der Waals surface area (Å²) in [6, 6.07) is -1.06. The molecule has 1 fully saturated rings. The summed E-state index contributed by atoms with van der Waals surface area (Å²) < 4.78 is 17.6. The minimum atomic E-state index is -1.64. The van der Waals surface area contributed by atoms with Crippen molar-refractivity contribution in [2.75, 3.05) is 13.2 Å². The molecule has 82 heavy (non-hydrogen) atoms. The second-order valence-electron chi connectivity index (χ2n) is 21.2. The number of carbonyl (C=O) groups excluding carboxylic acids is 2. The molecule has 0 aliphatic carbocycles. The van der Waals surface area contributed by atoms with Gasteiger partial charge in [-0.3, -0.25) is 9.59 Å². The zero-order valence-corrected chi connectivity index (χ0v) is 51.0. The summed E-state index contributed by atoms with van der Waals surface area (Å²) in [5.41, 5.74) is 0. The highest BCUT2D eigenvalue weighted by Crippen LogP contribution is 2.26. The number of amides is 1. The molecular weight excluding hydrogens is 1030 g/mol. The van der Waals surface area contributed by atoms with Crippen molar-refractivity contribution in [3.63, 3.8) is 0 Å². The zero-order chi connectivity index (χ0) is 59.6. The Kier molecular flexibility index (Phi) is 52.1. The number of hydrogen-bond acceptors (Lipinski definition) is 10. The smallest absolute Gasteiger partial charge is 0.306 e. The van der Waals surface area contributed by atoms with E-state index in [9.17, 15) is 35.1 Å². The van der Waals surface area contributed by atoms with Crippen LogP contribution in [0.2, 0.25) is 0 Å². The lowest BCUT2D eigenvalue weighted by Crippen LogP contribution is -2.61. The van der Waals surface area contributed by atoms with E-state index >= 15 is 0 Å². The number of nitrogens with one attached hydrogen (secondary N) is 1. The number of allylic oxidation sites excluding steroid dienone is 25. The molecule has 1 saturated heterocycles. The highest BCUT2D eigenvalue weighted by atomic mass is 16.7. The van der Waals surface area contributed by atoms with Gasteiger partial charge in [0.25, 0.3) is 0 Å². The molecule has 0 radical (unpaired) electrons. The van der Waals surface area contributed by atoms with Crippen molar-refractivity contribution in [2.45, 2.75) is 262 Å². The maximum absolute atomic E-state index is 13.4. The first-order valence-electron chi connectivity index (χ1n) is 31.8. The highest BCUT2D eigenvalue weighted by molar-refractivity contribution is 5.80. The molecule has 0 aromatic carbocycles. The molecule has 1 aliphatic heterocycles. The zero-order valence-electron chi connectivity index (χ0n) is 51.0. The van der Waals surface area contributed by atoms with Crippen LogP contribution in [0.25, 0.3) is 0 Å². The monoisotopic (exact) mass is 1140 g/mol. The fourth-order valence-corrected chi connectivity index (χ4v) is 8.86. The second kappa shape index (κ2) is 56.7. The minimum absolute atomic E-state index is 0.0896. The third-order valence-electron chi connectivity index (χ3n) is 13.8. The van der Waals surface area contributed by atoms with Gasteiger partial charge in [-0.25, -0.2) is 0 Å². The van der Waals surface area contributed by atoms with E-state index in [1.807, 2.05) is 72.9 Å². The predicted octanol–water partition coefficient (Wildman–Crippen LogP) is 15.6. The standard InChI is InChI=1S/C71H113NO10/c1-4-7-10-13-16-19-22-25-27-29-30-31-32-33-34-35-36-37-39-41-44-47-50-53-56-59-66(76)82-69-68(78)67(77)65(60-73)81-71(69)80-61-62(63(74)57-54-51-48-45-42-24-21-18-15-12-9-6-3)72-70(79)64(75)58-55-52-49-46-43-40-38-28-26-23-20-17-14-11-8-5-2/h7-8,10-11,14,16-17,19-20,23,25-28,30-31,33-34,36-38,40,43,46,54,57,62-65,67-69,71,73-75,77-78H,4-6,9,12-13,15,18,21-22,24,29,32,35,39,41-42,44-45,47-53,55-56,58-61H2,1-3H3,(H,72,79)/b10-7-,11-8-,17-14+,19-16-,23-20+,27-25-,28-26-,31-30-,34-33-,37-36-,40-38+,46-43+,57-54+. The SMILES string of the molecule is CC\C=C/C=C/C=C/C=C\C=C\C=C\CCCCC(O)C(=O)NC(COC1OC(CO)C(O)C(O)C1OC(=O)CCCCCCCC/C=C\C/C=C\C/C=C\C/C=C\C/C=C\C/C=C\CC)C(O)/C=C/CCCCCCCCCCCC. The Labute approximate surface area is 497 Å². The van der Waals surface area contributed by atoms with Gasteiger partial charge in [0.15, 0.2) is 12.4 Å². The lowest BCUT2D eigenvalue weighted by atomic mass is 9.99. The molecule has 1 rings (SSSR count). The maximum Gasteiger partial charge on any atom is 0.306 e. The quantitative estimate of drug-likeness (QED) is 0.0149. The molecule has 1 heterocycles. The van der Waals surface area contributed by atoms with Crippen LogP contribution in [-0.2, 0) is 23.8 Å². The molecule has 11 nitrogen and oxygen atoms in total. The summed E-state index contributed by atoms with van der Waals surface area (Å²) in [5.74, 6) is -1.27. The first-order chi connectivity index (χ1) is 40.2. The van der Waals surface area contributed by atoms with Crippen molar-refractivity contribution in [3.8, 4) is 0 Å². The molecule has 6 N–H and O–H groups in total. The Morgan fingerprint density at radius 1 is 0.500 bits per heavy atom. The molecule has 1 aliphatic rings. The minimum Gasteiger partial charge on any atom is -0.454 e. The van der Waals surface area contributed by atoms with E-state index in [0.29, 0.717) is 12.8 Å². The number of unbranched alkanes of at least 4 members (excludes halogenated alkanes) is 18. The molecule has 0 bridgehead atoms. The summed E-state index contributed by atoms with van der Waals surface area (Å²) in [5, 5.41) is 57.0. The van der Waals surface area contributed by atoms with E-state index in [0.717, 1.165) is 122 Å². The third-order valence-corrected chi connectivity index (χ3v) is 13.8. The average molecular weight is 1140 g/mol. The van der Waals surface area contributed by atoms with Crippen LogP contribution in [0.3, 0.4) is 0 Å². The van der Waals surface area contributed by atoms with Gasteiger partial charge in [-0.15, -0.1) is 0 Å². The van der Waals surface area contributed by atoms with Crippen LogP contribution in [0, 0.1) is 0 Å². The van der Waals surface area contributed by atoms with Crippen molar-refractivity contribution in [1.82, 2.24) is 5.32 Å². The van der Waals surface area contributed by atoms with Gasteiger partial charge in [-0.2, -0.15) is 0 Å². The van der Waals surface area contributed by atoms with Crippen LogP contribution < -0.4 is 5.32 Å². The van der Waals surface area contributed by atoms with Gasteiger partial charge < -0.3 is 45.1 Å². The number of aliphatic hydroxyl groups excluding tert-OH is 5. The molecular formula is C71H113NO10. The topological polar surface area (TPSA) is 175 Å². The summed E-state index contributed by atoms with van der Waals surface area (Å²) >= 11 is 0. The molecule has 462 valence electrons. The molecule has 0 spiro atoms. The Balaban J connectivity index is 2.69. The number of hydrogen-bond donors (Lipinski definition) is 6. The number of ether oxygens (including phenoxy) is 3. The molecule has 8 unspecified atom stereocenters. The van der Waals surface area contributed by atoms with Gasteiger partial charge in [0.2, 0.25) is 5.91 Å². The molecule has 1 amide bonds. The van der Waals surface area contributed by atoms with Crippen LogP contribution >= 0.6 is 0 Å². The fourth-order valence-electron chi connectivity index (χ4n) is 8.86. The van der Waals surface area contributed by atoms with Gasteiger partial charge in [-0.05, 0) is 96.3 Å². The lowest BCUT2D eigenvalue weighted by Gasteiger charge is -2.41. The van der Waals surface area contributed by atoms with Gasteiger partial charge in [0, 0.05) is 6.42 Å². The average Bonchev–Trinajstić information content (AvgIpc) is 3.68. The van der Waals surface area contributed by atoms with Crippen molar-refractivity contribution in [3.05, 3.63) is 158 Å². The number of esters is 1. The van der Waals surface area contributed by atoms with Crippen LogP contribution in [0.4, 0.5) is 0 Å². The molecule has 0 saturated carbocycles. The Hall–Kier alpha value is -4.72. The van der Waals surface area contributed by atoms with Crippen molar-refractivity contribution in [2.24, 2.45) is 0 Å². The lowest BCUT2D eigenvalue weighted by molar-refractivity contribution is -0.305. The normalized spacial score (nSPS) is 19.7. The van der Waals surface area contributed by atoms with E-state index in [1.165, 1.54) is 44.9 Å². The van der Waals surface area contributed by atoms with E-state index in [1.54, 1.807) is 6.08 Å². The summed E-state index contributed by atoms with van der Waals surface area (Å²) in [4.78, 5) is 26.6. The van der Waals surface area contributed by atoms with E-state index in [4.69, 9.17) is 14.2 Å². The maximum atomic E-state index is 13.4. The predicted molar refractivity (Wildman–Crippen MR) is 342 cm³/mol. The van der Waals surface area contributed by atoms with Crippen molar-refractivity contribution >= 4 is 11.9 Å². The highest BCUT2D eigenvalue weighted by Gasteiger charge is 2.47. The van der Waals surface area contributed by atoms with E-state index < -0.39 is 67.4 Å². The number of carbonyl (C=O) groups is 2. The molecule has 0 aromatic rings. The largest absolute Gasteiger partial charge is 0.454 e. The van der Waals surface area contributed by atoms with Gasteiger partial charge in [0.1, 0.15) is 24.4 Å². The Bertz CT molecular complexity index is 1940. The second-order valence-corrected chi connectivity index (χ2v) is 21.2. The number of rotatable bonds is 51. The summed E-state index contributed by atoms with van der Waals surface area (Å²) in [7, 11) is 0. The van der Waals surface area contributed by atoms with Crippen molar-refractivity contribution < 1.29 is 49.3 Å². The number of aliphatic hydroxyl groups is 5. The van der Waals surface area contributed by atoms with E-state index in [2.05, 4.69) is 105 Å².